The molecule has 0 saturated heterocycles. The zero-order chi connectivity index (χ0) is 13.8. The van der Waals surface area contributed by atoms with Gasteiger partial charge in [0, 0.05) is 25.5 Å². The van der Waals surface area contributed by atoms with Crippen LogP contribution in [-0.4, -0.2) is 4.57 Å². The fraction of sp³-hybridized carbons (Fsp3) is 0.765. The molecule has 0 bridgehead atoms. The van der Waals surface area contributed by atoms with Gasteiger partial charge in [-0.05, 0) is 18.1 Å². The highest BCUT2D eigenvalue weighted by Gasteiger charge is 1.95. The van der Waals surface area contributed by atoms with Crippen LogP contribution >= 0.6 is 0 Å². The third kappa shape index (κ3) is 8.10. The van der Waals surface area contributed by atoms with Crippen LogP contribution in [0.2, 0.25) is 0 Å². The molecule has 1 aromatic rings. The van der Waals surface area contributed by atoms with Crippen molar-refractivity contribution in [3.63, 3.8) is 0 Å². The molecule has 2 N–H and O–H groups in total. The zero-order valence-corrected chi connectivity index (χ0v) is 12.7. The Bertz CT molecular complexity index is 304. The summed E-state index contributed by atoms with van der Waals surface area (Å²) in [5.41, 5.74) is 6.85. The molecule has 2 nitrogen and oxygen atoms in total. The second-order valence-electron chi connectivity index (χ2n) is 5.64. The van der Waals surface area contributed by atoms with Gasteiger partial charge in [0.15, 0.2) is 0 Å². The third-order valence-corrected chi connectivity index (χ3v) is 3.82. The second kappa shape index (κ2) is 11.1. The molecule has 1 rings (SSSR count). The normalized spacial score (nSPS) is 11.1. The van der Waals surface area contributed by atoms with Gasteiger partial charge < -0.3 is 10.3 Å². The van der Waals surface area contributed by atoms with Gasteiger partial charge in [-0.25, -0.2) is 0 Å². The molecular weight excluding hydrogens is 232 g/mol. The fourth-order valence-corrected chi connectivity index (χ4v) is 2.53. The Morgan fingerprint density at radius 3 is 2.00 bits per heavy atom. The lowest BCUT2D eigenvalue weighted by atomic mass is 10.1. The van der Waals surface area contributed by atoms with Crippen LogP contribution in [0.1, 0.15) is 76.7 Å². The van der Waals surface area contributed by atoms with Crippen LogP contribution in [0.4, 0.5) is 0 Å². The van der Waals surface area contributed by atoms with Crippen LogP contribution in [0.5, 0.6) is 0 Å². The van der Waals surface area contributed by atoms with Crippen molar-refractivity contribution in [3.05, 3.63) is 24.0 Å². The van der Waals surface area contributed by atoms with Gasteiger partial charge >= 0.3 is 0 Å². The van der Waals surface area contributed by atoms with E-state index in [4.69, 9.17) is 5.73 Å². The average Bonchev–Trinajstić information content (AvgIpc) is 2.89. The lowest BCUT2D eigenvalue weighted by molar-refractivity contribution is 0.535. The maximum atomic E-state index is 5.60. The predicted octanol–water partition coefficient (Wildman–Crippen LogP) is 4.87. The monoisotopic (exact) mass is 264 g/mol. The Labute approximate surface area is 119 Å². The molecule has 0 radical (unpaired) electrons. The first kappa shape index (κ1) is 16.3. The van der Waals surface area contributed by atoms with E-state index in [-0.39, 0.29) is 0 Å². The van der Waals surface area contributed by atoms with E-state index in [1.165, 1.54) is 69.8 Å². The topological polar surface area (TPSA) is 30.9 Å². The van der Waals surface area contributed by atoms with Crippen molar-refractivity contribution in [2.45, 2.75) is 84.2 Å². The first-order valence-corrected chi connectivity index (χ1v) is 8.21. The van der Waals surface area contributed by atoms with E-state index in [9.17, 15) is 0 Å². The molecule has 110 valence electrons. The van der Waals surface area contributed by atoms with E-state index in [1.54, 1.807) is 0 Å². The minimum absolute atomic E-state index is 0.658. The summed E-state index contributed by atoms with van der Waals surface area (Å²) in [6.45, 7) is 4.09. The maximum Gasteiger partial charge on any atom is 0.0219 e. The molecule has 19 heavy (non-hydrogen) atoms. The molecule has 0 amide bonds. The summed E-state index contributed by atoms with van der Waals surface area (Å²) in [7, 11) is 0. The molecular formula is C17H32N2. The number of aryl methyl sites for hydroxylation is 1. The molecule has 0 unspecified atom stereocenters. The standard InChI is InChI=1S/C17H32N2/c1-2-3-4-5-6-7-8-9-10-11-13-19-14-12-17(15-18)16-19/h12,14,16H,2-11,13,15,18H2,1H3. The molecule has 0 spiro atoms. The van der Waals surface area contributed by atoms with Gasteiger partial charge in [-0.2, -0.15) is 0 Å². The van der Waals surface area contributed by atoms with Crippen LogP contribution in [0.25, 0.3) is 0 Å². The third-order valence-electron chi connectivity index (χ3n) is 3.82. The Morgan fingerprint density at radius 2 is 1.47 bits per heavy atom. The van der Waals surface area contributed by atoms with Crippen molar-refractivity contribution in [1.29, 1.82) is 0 Å². The summed E-state index contributed by atoms with van der Waals surface area (Å²) in [6, 6.07) is 2.12. The van der Waals surface area contributed by atoms with Gasteiger partial charge in [-0.3, -0.25) is 0 Å². The molecule has 0 fully saturated rings. The van der Waals surface area contributed by atoms with Crippen LogP contribution in [0.15, 0.2) is 18.5 Å². The maximum absolute atomic E-state index is 5.60. The summed E-state index contributed by atoms with van der Waals surface area (Å²) < 4.78 is 2.27. The van der Waals surface area contributed by atoms with Gasteiger partial charge in [0.1, 0.15) is 0 Å². The van der Waals surface area contributed by atoms with Crippen molar-refractivity contribution < 1.29 is 0 Å². The van der Waals surface area contributed by atoms with Gasteiger partial charge in [0.05, 0.1) is 0 Å². The molecule has 0 aromatic carbocycles. The highest BCUT2D eigenvalue weighted by molar-refractivity contribution is 5.09. The van der Waals surface area contributed by atoms with Crippen molar-refractivity contribution in [1.82, 2.24) is 4.57 Å². The first-order chi connectivity index (χ1) is 9.36. The zero-order valence-electron chi connectivity index (χ0n) is 12.7. The largest absolute Gasteiger partial charge is 0.354 e. The van der Waals surface area contributed by atoms with E-state index in [1.807, 2.05) is 0 Å². The van der Waals surface area contributed by atoms with Crippen LogP contribution in [-0.2, 0) is 13.1 Å². The average molecular weight is 264 g/mol. The van der Waals surface area contributed by atoms with E-state index in [2.05, 4.69) is 30.0 Å². The Kier molecular flexibility index (Phi) is 9.52. The number of nitrogens with two attached hydrogens (primary N) is 1. The highest BCUT2D eigenvalue weighted by Crippen LogP contribution is 2.11. The lowest BCUT2D eigenvalue weighted by Crippen LogP contribution is -1.96. The fourth-order valence-electron chi connectivity index (χ4n) is 2.53. The highest BCUT2D eigenvalue weighted by atomic mass is 14.9. The molecule has 0 aliphatic heterocycles. The van der Waals surface area contributed by atoms with Crippen molar-refractivity contribution in [2.75, 3.05) is 0 Å². The van der Waals surface area contributed by atoms with Crippen LogP contribution < -0.4 is 5.73 Å². The Morgan fingerprint density at radius 1 is 0.895 bits per heavy atom. The summed E-state index contributed by atoms with van der Waals surface area (Å²) in [4.78, 5) is 0. The SMILES string of the molecule is CCCCCCCCCCCCn1ccc(CN)c1. The van der Waals surface area contributed by atoms with Crippen molar-refractivity contribution in [2.24, 2.45) is 5.73 Å². The molecule has 1 aromatic heterocycles. The van der Waals surface area contributed by atoms with Crippen LogP contribution in [0, 0.1) is 0 Å². The molecule has 1 heterocycles. The summed E-state index contributed by atoms with van der Waals surface area (Å²) in [6.07, 6.45) is 18.3. The predicted molar refractivity (Wildman–Crippen MR) is 84.2 cm³/mol. The first-order valence-electron chi connectivity index (χ1n) is 8.21. The Hall–Kier alpha value is -0.760. The van der Waals surface area contributed by atoms with Gasteiger partial charge in [-0.15, -0.1) is 0 Å². The molecule has 0 saturated carbocycles. The summed E-state index contributed by atoms with van der Waals surface area (Å²) in [5.74, 6) is 0. The van der Waals surface area contributed by atoms with E-state index in [0.717, 1.165) is 6.54 Å². The van der Waals surface area contributed by atoms with Crippen molar-refractivity contribution >= 4 is 0 Å². The molecule has 0 aliphatic rings. The number of hydrogen-bond acceptors (Lipinski definition) is 1. The summed E-state index contributed by atoms with van der Waals surface area (Å²) >= 11 is 0. The quantitative estimate of drug-likeness (QED) is 0.537. The van der Waals surface area contributed by atoms with Gasteiger partial charge in [0.2, 0.25) is 0 Å². The van der Waals surface area contributed by atoms with E-state index in [0.29, 0.717) is 6.54 Å². The van der Waals surface area contributed by atoms with Crippen molar-refractivity contribution in [3.8, 4) is 0 Å². The molecule has 0 aliphatic carbocycles. The number of aromatic nitrogens is 1. The van der Waals surface area contributed by atoms with Crippen LogP contribution in [0.3, 0.4) is 0 Å². The molecule has 0 atom stereocenters. The minimum atomic E-state index is 0.658. The smallest absolute Gasteiger partial charge is 0.0219 e. The minimum Gasteiger partial charge on any atom is -0.354 e. The van der Waals surface area contributed by atoms with Gasteiger partial charge in [-0.1, -0.05) is 64.7 Å². The lowest BCUT2D eigenvalue weighted by Gasteiger charge is -2.04. The van der Waals surface area contributed by atoms with E-state index >= 15 is 0 Å². The summed E-state index contributed by atoms with van der Waals surface area (Å²) in [5, 5.41) is 0. The molecule has 2 heteroatoms. The van der Waals surface area contributed by atoms with Gasteiger partial charge in [0.25, 0.3) is 0 Å². The number of unbranched alkanes of at least 4 members (excludes halogenated alkanes) is 9. The Balaban J connectivity index is 1.86. The van der Waals surface area contributed by atoms with E-state index < -0.39 is 0 Å². The number of hydrogen-bond donors (Lipinski definition) is 1. The number of nitrogens with zero attached hydrogens (tertiary/aromatic N) is 1. The number of rotatable bonds is 12. The second-order valence-corrected chi connectivity index (χ2v) is 5.64.